The molecule has 0 saturated heterocycles. The topological polar surface area (TPSA) is 43.4 Å². The zero-order valence-corrected chi connectivity index (χ0v) is 10.0. The van der Waals surface area contributed by atoms with E-state index < -0.39 is 11.6 Å². The van der Waals surface area contributed by atoms with Crippen molar-refractivity contribution in [3.63, 3.8) is 0 Å². The van der Waals surface area contributed by atoms with Gasteiger partial charge in [-0.3, -0.25) is 9.59 Å². The van der Waals surface area contributed by atoms with Gasteiger partial charge in [-0.15, -0.1) is 0 Å². The van der Waals surface area contributed by atoms with Gasteiger partial charge >= 0.3 is 27.0 Å². The number of hydrogen-bond acceptors (Lipinski definition) is 3. The largest absolute Gasteiger partial charge is 4.00 e. The van der Waals surface area contributed by atoms with Crippen LogP contribution in [0.15, 0.2) is 0 Å². The smallest absolute Gasteiger partial charge is 0.460 e. The van der Waals surface area contributed by atoms with Crippen LogP contribution in [-0.2, 0) is 35.4 Å². The second-order valence-corrected chi connectivity index (χ2v) is 3.47. The molecule has 0 unspecified atom stereocenters. The van der Waals surface area contributed by atoms with E-state index in [9.17, 15) is 9.59 Å². The summed E-state index contributed by atoms with van der Waals surface area (Å²) in [6.07, 6.45) is -0.128. The molecule has 0 aromatic heterocycles. The monoisotopic (exact) mass is 353 g/mol. The van der Waals surface area contributed by atoms with Crippen molar-refractivity contribution in [3.05, 3.63) is 0 Å². The van der Waals surface area contributed by atoms with E-state index in [4.69, 9.17) is 4.74 Å². The predicted octanol–water partition coefficient (Wildman–Crippen LogP) is 1.30. The molecular weight excluding hydrogens is 339 g/mol. The van der Waals surface area contributed by atoms with Crippen LogP contribution in [0.1, 0.15) is 34.1 Å². The fourth-order valence-corrected chi connectivity index (χ4v) is 0.581. The molecule has 0 atom stereocenters. The fourth-order valence-electron chi connectivity index (χ4n) is 0.581. The molecule has 70 valence electrons. The molecule has 3 nitrogen and oxygen atoms in total. The van der Waals surface area contributed by atoms with Gasteiger partial charge in [-0.1, -0.05) is 0 Å². The van der Waals surface area contributed by atoms with Crippen molar-refractivity contribution in [2.45, 2.75) is 39.7 Å². The van der Waals surface area contributed by atoms with Gasteiger partial charge in [0.15, 0.2) is 0 Å². The second-order valence-electron chi connectivity index (χ2n) is 3.47. The first kappa shape index (κ1) is 14.4. The van der Waals surface area contributed by atoms with Crippen LogP contribution in [0.3, 0.4) is 0 Å². The van der Waals surface area contributed by atoms with Crippen molar-refractivity contribution in [2.75, 3.05) is 0 Å². The first-order chi connectivity index (χ1) is 4.81. The van der Waals surface area contributed by atoms with E-state index in [1.807, 2.05) is 0 Å². The maximum Gasteiger partial charge on any atom is 4.00 e. The Balaban J connectivity index is 0. The molecule has 0 amide bonds. The van der Waals surface area contributed by atoms with Crippen LogP contribution in [0.4, 0.5) is 0 Å². The number of carbonyl (C=O) groups is 2. The molecule has 12 heavy (non-hydrogen) atoms. The minimum Gasteiger partial charge on any atom is -0.460 e. The standard InChI is InChI=1S/C8H14O3.Pt/c1-6(9)5-7(10)11-8(2,3)4;/h5H2,1-4H3;/q;+4. The van der Waals surface area contributed by atoms with Gasteiger partial charge in [0.2, 0.25) is 0 Å². The quantitative estimate of drug-likeness (QED) is 0.555. The third-order valence-corrected chi connectivity index (χ3v) is 0.813. The Kier molecular flexibility index (Phi) is 6.54. The second kappa shape index (κ2) is 5.47. The first-order valence-electron chi connectivity index (χ1n) is 3.52. The Morgan fingerprint density at radius 2 is 1.67 bits per heavy atom. The SMILES string of the molecule is CC(=O)CC(=O)OC(C)(C)C.[Pt+4]. The number of carbonyl (C=O) groups excluding carboxylic acids is 2. The summed E-state index contributed by atoms with van der Waals surface area (Å²) in [7, 11) is 0. The van der Waals surface area contributed by atoms with E-state index in [1.165, 1.54) is 6.92 Å². The van der Waals surface area contributed by atoms with Gasteiger partial charge in [0.25, 0.3) is 0 Å². The Bertz CT molecular complexity index is 170. The van der Waals surface area contributed by atoms with Gasteiger partial charge in [0.1, 0.15) is 17.8 Å². The van der Waals surface area contributed by atoms with E-state index >= 15 is 0 Å². The molecule has 0 aromatic carbocycles. The van der Waals surface area contributed by atoms with Crippen molar-refractivity contribution in [1.82, 2.24) is 0 Å². The van der Waals surface area contributed by atoms with Crippen molar-refractivity contribution >= 4 is 11.8 Å². The summed E-state index contributed by atoms with van der Waals surface area (Å²) >= 11 is 0. The third-order valence-electron chi connectivity index (χ3n) is 0.813. The van der Waals surface area contributed by atoms with E-state index in [-0.39, 0.29) is 33.3 Å². The van der Waals surface area contributed by atoms with E-state index in [0.717, 1.165) is 0 Å². The minimum atomic E-state index is -0.494. The van der Waals surface area contributed by atoms with Crippen molar-refractivity contribution < 1.29 is 35.4 Å². The number of ether oxygens (including phenoxy) is 1. The molecule has 0 bridgehead atoms. The van der Waals surface area contributed by atoms with Gasteiger partial charge in [-0.25, -0.2) is 0 Å². The summed E-state index contributed by atoms with van der Waals surface area (Å²) in [4.78, 5) is 21.3. The molecule has 0 aliphatic carbocycles. The van der Waals surface area contributed by atoms with Crippen LogP contribution in [0.2, 0.25) is 0 Å². The summed E-state index contributed by atoms with van der Waals surface area (Å²) in [5, 5.41) is 0. The molecule has 0 N–H and O–H groups in total. The zero-order valence-electron chi connectivity index (χ0n) is 7.75. The maximum absolute atomic E-state index is 10.8. The third kappa shape index (κ3) is 9.83. The summed E-state index contributed by atoms with van der Waals surface area (Å²) in [5.74, 6) is -0.621. The van der Waals surface area contributed by atoms with Gasteiger partial charge in [-0.2, -0.15) is 0 Å². The Hall–Kier alpha value is -0.172. The van der Waals surface area contributed by atoms with Crippen LogP contribution in [-0.4, -0.2) is 17.4 Å². The molecule has 0 fully saturated rings. The minimum absolute atomic E-state index is 0. The molecule has 4 heteroatoms. The predicted molar refractivity (Wildman–Crippen MR) is 41.1 cm³/mol. The van der Waals surface area contributed by atoms with Gasteiger partial charge in [0.05, 0.1) is 0 Å². The van der Waals surface area contributed by atoms with Gasteiger partial charge in [0, 0.05) is 0 Å². The van der Waals surface area contributed by atoms with Crippen molar-refractivity contribution in [2.24, 2.45) is 0 Å². The normalized spacial score (nSPS) is 10.0. The van der Waals surface area contributed by atoms with Crippen molar-refractivity contribution in [3.8, 4) is 0 Å². The molecule has 0 spiro atoms. The summed E-state index contributed by atoms with van der Waals surface area (Å²) in [6.45, 7) is 6.67. The molecule has 0 aromatic rings. The molecule has 0 saturated carbocycles. The van der Waals surface area contributed by atoms with E-state index in [0.29, 0.717) is 0 Å². The summed E-state index contributed by atoms with van der Waals surface area (Å²) < 4.78 is 4.89. The zero-order chi connectivity index (χ0) is 9.07. The number of rotatable bonds is 2. The molecule has 0 aliphatic heterocycles. The van der Waals surface area contributed by atoms with Crippen LogP contribution in [0.25, 0.3) is 0 Å². The Labute approximate surface area is 87.1 Å². The average molecular weight is 353 g/mol. The van der Waals surface area contributed by atoms with Crippen molar-refractivity contribution in [1.29, 1.82) is 0 Å². The van der Waals surface area contributed by atoms with Crippen LogP contribution >= 0.6 is 0 Å². The van der Waals surface area contributed by atoms with Gasteiger partial charge in [-0.05, 0) is 27.7 Å². The van der Waals surface area contributed by atoms with Crippen LogP contribution in [0.5, 0.6) is 0 Å². The van der Waals surface area contributed by atoms with Gasteiger partial charge < -0.3 is 4.74 Å². The molecule has 0 aliphatic rings. The number of hydrogen-bond donors (Lipinski definition) is 0. The summed E-state index contributed by atoms with van der Waals surface area (Å²) in [6, 6.07) is 0. The van der Waals surface area contributed by atoms with Crippen LogP contribution < -0.4 is 0 Å². The number of ketones is 1. The Morgan fingerprint density at radius 1 is 1.25 bits per heavy atom. The number of Topliss-reactive ketones (excluding diaryl/α,β-unsaturated/α-hetero) is 1. The van der Waals surface area contributed by atoms with Crippen LogP contribution in [0, 0.1) is 0 Å². The number of esters is 1. The van der Waals surface area contributed by atoms with E-state index in [2.05, 4.69) is 0 Å². The fraction of sp³-hybridized carbons (Fsp3) is 0.750. The molecule has 0 rings (SSSR count). The molecule has 0 radical (unpaired) electrons. The molecule has 0 heterocycles. The van der Waals surface area contributed by atoms with E-state index in [1.54, 1.807) is 20.8 Å². The molecular formula is C8H14O3Pt+4. The maximum atomic E-state index is 10.8. The summed E-state index contributed by atoms with van der Waals surface area (Å²) in [5.41, 5.74) is -0.494. The Morgan fingerprint density at radius 3 is 1.92 bits per heavy atom. The average Bonchev–Trinajstić information content (AvgIpc) is 1.53. The first-order valence-corrected chi connectivity index (χ1v) is 3.52.